The zero-order chi connectivity index (χ0) is 25.5. The van der Waals surface area contributed by atoms with E-state index < -0.39 is 38.5 Å². The van der Waals surface area contributed by atoms with Crippen molar-refractivity contribution in [1.82, 2.24) is 0 Å². The lowest BCUT2D eigenvalue weighted by Crippen LogP contribution is -2.46. The van der Waals surface area contributed by atoms with E-state index in [2.05, 4.69) is 0 Å². The van der Waals surface area contributed by atoms with Gasteiger partial charge in [-0.2, -0.15) is 13.2 Å². The molecule has 3 aromatic carbocycles. The molecule has 0 saturated heterocycles. The van der Waals surface area contributed by atoms with Crippen molar-refractivity contribution in [2.45, 2.75) is 30.5 Å². The average molecular weight is 525 g/mol. The Morgan fingerprint density at radius 3 is 2.51 bits per heavy atom. The zero-order valence-electron chi connectivity index (χ0n) is 18.5. The number of hydrogen-bond acceptors (Lipinski definition) is 3. The fourth-order valence-corrected chi connectivity index (χ4v) is 6.03. The number of sulfonamides is 1. The molecule has 2 N–H and O–H groups in total. The van der Waals surface area contributed by atoms with Gasteiger partial charge in [-0.3, -0.25) is 4.31 Å². The molecule has 0 fully saturated rings. The van der Waals surface area contributed by atoms with Crippen LogP contribution in [0.4, 0.5) is 23.2 Å². The third-order valence-electron chi connectivity index (χ3n) is 5.75. The summed E-state index contributed by atoms with van der Waals surface area (Å²) in [6, 6.07) is 12.5. The Kier molecular flexibility index (Phi) is 6.70. The minimum atomic E-state index is -4.69. The first-order valence-corrected chi connectivity index (χ1v) is 12.4. The van der Waals surface area contributed by atoms with Crippen LogP contribution < -0.4 is 10.0 Å². The summed E-state index contributed by atoms with van der Waals surface area (Å²) in [4.78, 5) is -0.484. The van der Waals surface area contributed by atoms with E-state index in [1.165, 1.54) is 12.1 Å². The predicted molar refractivity (Wildman–Crippen MR) is 129 cm³/mol. The van der Waals surface area contributed by atoms with Crippen LogP contribution in [-0.2, 0) is 22.6 Å². The van der Waals surface area contributed by atoms with Gasteiger partial charge in [-0.25, -0.2) is 12.8 Å². The van der Waals surface area contributed by atoms with Crippen LogP contribution in [0.15, 0.2) is 65.6 Å². The Balaban J connectivity index is 1.79. The first-order chi connectivity index (χ1) is 16.4. The minimum absolute atomic E-state index is 0.100. The maximum absolute atomic E-state index is 14.3. The molecular formula is C25H21ClF4N2O2S. The largest absolute Gasteiger partial charge is 0.416 e. The Morgan fingerprint density at radius 1 is 1.11 bits per heavy atom. The molecule has 0 amide bonds. The van der Waals surface area contributed by atoms with Crippen molar-refractivity contribution in [2.24, 2.45) is 5.73 Å². The number of hydrogen-bond donors (Lipinski definition) is 1. The van der Waals surface area contributed by atoms with Gasteiger partial charge in [0.25, 0.3) is 10.0 Å². The first kappa shape index (κ1) is 25.2. The molecule has 4 rings (SSSR count). The Bertz CT molecular complexity index is 1400. The van der Waals surface area contributed by atoms with Crippen LogP contribution in [0, 0.1) is 5.82 Å². The van der Waals surface area contributed by atoms with Crippen LogP contribution in [0.25, 0.3) is 11.6 Å². The highest BCUT2D eigenvalue weighted by Crippen LogP contribution is 2.36. The van der Waals surface area contributed by atoms with E-state index in [1.807, 2.05) is 0 Å². The van der Waals surface area contributed by atoms with Gasteiger partial charge >= 0.3 is 6.18 Å². The highest BCUT2D eigenvalue weighted by molar-refractivity contribution is 7.92. The summed E-state index contributed by atoms with van der Waals surface area (Å²) < 4.78 is 81.8. The predicted octanol–water partition coefficient (Wildman–Crippen LogP) is 6.14. The van der Waals surface area contributed by atoms with Crippen molar-refractivity contribution in [2.75, 3.05) is 10.8 Å². The number of anilines is 1. The van der Waals surface area contributed by atoms with Crippen molar-refractivity contribution in [3.05, 3.63) is 93.8 Å². The summed E-state index contributed by atoms with van der Waals surface area (Å²) in [5.74, 6) is -0.496. The number of halogens is 5. The fraction of sp³-hybridized carbons (Fsp3) is 0.200. The molecule has 0 aromatic heterocycles. The van der Waals surface area contributed by atoms with Crippen molar-refractivity contribution in [3.8, 4) is 0 Å². The SMILES string of the molecule is CC(=Cc1ccc2c(c1)N(S(=O)(=O)c1cccc(C(F)(F)F)c1)CC(N)C2)c1c(F)cccc1Cl. The van der Waals surface area contributed by atoms with Gasteiger partial charge in [-0.1, -0.05) is 41.9 Å². The van der Waals surface area contributed by atoms with Gasteiger partial charge in [0.05, 0.1) is 21.2 Å². The van der Waals surface area contributed by atoms with Crippen LogP contribution in [0.2, 0.25) is 5.02 Å². The Hall–Kier alpha value is -2.88. The number of allylic oxidation sites excluding steroid dienone is 1. The van der Waals surface area contributed by atoms with Gasteiger partial charge in [0.15, 0.2) is 0 Å². The molecule has 1 aliphatic heterocycles. The monoisotopic (exact) mass is 524 g/mol. The molecule has 1 heterocycles. The molecule has 3 aromatic rings. The second kappa shape index (κ2) is 9.29. The minimum Gasteiger partial charge on any atom is -0.326 e. The zero-order valence-corrected chi connectivity index (χ0v) is 20.1. The van der Waals surface area contributed by atoms with E-state index >= 15 is 0 Å². The molecule has 0 radical (unpaired) electrons. The van der Waals surface area contributed by atoms with Gasteiger partial charge in [-0.15, -0.1) is 0 Å². The summed E-state index contributed by atoms with van der Waals surface area (Å²) in [6.45, 7) is 1.58. The molecule has 1 aliphatic rings. The van der Waals surface area contributed by atoms with E-state index in [9.17, 15) is 26.0 Å². The lowest BCUT2D eigenvalue weighted by Gasteiger charge is -2.34. The topological polar surface area (TPSA) is 63.4 Å². The maximum atomic E-state index is 14.3. The van der Waals surface area contributed by atoms with E-state index in [0.717, 1.165) is 22.5 Å². The number of rotatable bonds is 4. The lowest BCUT2D eigenvalue weighted by molar-refractivity contribution is -0.137. The summed E-state index contributed by atoms with van der Waals surface area (Å²) in [6.07, 6.45) is -2.63. The quantitative estimate of drug-likeness (QED) is 0.329. The van der Waals surface area contributed by atoms with Crippen molar-refractivity contribution >= 4 is 39.0 Å². The average Bonchev–Trinajstić information content (AvgIpc) is 2.78. The van der Waals surface area contributed by atoms with Crippen LogP contribution in [0.3, 0.4) is 0 Å². The van der Waals surface area contributed by atoms with Crippen molar-refractivity contribution < 1.29 is 26.0 Å². The van der Waals surface area contributed by atoms with Crippen LogP contribution >= 0.6 is 11.6 Å². The van der Waals surface area contributed by atoms with Crippen molar-refractivity contribution in [1.29, 1.82) is 0 Å². The van der Waals surface area contributed by atoms with Gasteiger partial charge < -0.3 is 5.73 Å². The third kappa shape index (κ3) is 5.07. The van der Waals surface area contributed by atoms with E-state index in [0.29, 0.717) is 34.9 Å². The second-order valence-electron chi connectivity index (χ2n) is 8.34. The second-order valence-corrected chi connectivity index (χ2v) is 10.6. The number of benzene rings is 3. The molecule has 1 unspecified atom stereocenters. The van der Waals surface area contributed by atoms with E-state index in [-0.39, 0.29) is 17.1 Å². The Labute approximate surface area is 205 Å². The number of nitrogens with two attached hydrogens (primary N) is 1. The molecule has 184 valence electrons. The van der Waals surface area contributed by atoms with Gasteiger partial charge in [-0.05, 0) is 66.4 Å². The summed E-state index contributed by atoms with van der Waals surface area (Å²) >= 11 is 6.16. The summed E-state index contributed by atoms with van der Waals surface area (Å²) in [7, 11) is -4.35. The number of fused-ring (bicyclic) bond motifs is 1. The Morgan fingerprint density at radius 2 is 1.83 bits per heavy atom. The van der Waals surface area contributed by atoms with Crippen LogP contribution in [0.5, 0.6) is 0 Å². The summed E-state index contributed by atoms with van der Waals surface area (Å²) in [5.41, 5.74) is 7.29. The molecule has 10 heteroatoms. The number of nitrogens with zero attached hydrogens (tertiary/aromatic N) is 1. The molecule has 4 nitrogen and oxygen atoms in total. The molecule has 0 aliphatic carbocycles. The maximum Gasteiger partial charge on any atom is 0.416 e. The molecule has 0 saturated carbocycles. The fourth-order valence-electron chi connectivity index (χ4n) is 4.12. The van der Waals surface area contributed by atoms with Gasteiger partial charge in [0.2, 0.25) is 0 Å². The van der Waals surface area contributed by atoms with E-state index in [1.54, 1.807) is 37.3 Å². The highest BCUT2D eigenvalue weighted by Gasteiger charge is 2.35. The normalized spacial score (nSPS) is 16.8. The summed E-state index contributed by atoms with van der Waals surface area (Å²) in [5, 5.41) is 0.233. The van der Waals surface area contributed by atoms with Gasteiger partial charge in [0.1, 0.15) is 5.82 Å². The lowest BCUT2D eigenvalue weighted by atomic mass is 9.97. The van der Waals surface area contributed by atoms with Gasteiger partial charge in [0, 0.05) is 18.2 Å². The molecule has 1 atom stereocenters. The molecule has 0 bridgehead atoms. The van der Waals surface area contributed by atoms with E-state index in [4.69, 9.17) is 17.3 Å². The van der Waals surface area contributed by atoms with Crippen molar-refractivity contribution in [3.63, 3.8) is 0 Å². The molecule has 0 spiro atoms. The smallest absolute Gasteiger partial charge is 0.326 e. The molecular weight excluding hydrogens is 504 g/mol. The van der Waals surface area contributed by atoms with Crippen LogP contribution in [-0.4, -0.2) is 21.0 Å². The molecule has 35 heavy (non-hydrogen) atoms. The standard InChI is InChI=1S/C25H21ClF4N2O2S/c1-15(24-21(26)6-3-7-22(24)27)10-16-8-9-17-12-19(31)14-32(23(17)11-16)35(33,34)20-5-2-4-18(13-20)25(28,29)30/h2-11,13,19H,12,14,31H2,1H3. The number of alkyl halides is 3. The first-order valence-electron chi connectivity index (χ1n) is 10.6. The highest BCUT2D eigenvalue weighted by atomic mass is 35.5. The van der Waals surface area contributed by atoms with Crippen LogP contribution in [0.1, 0.15) is 29.2 Å². The third-order valence-corrected chi connectivity index (χ3v) is 7.84.